The summed E-state index contributed by atoms with van der Waals surface area (Å²) in [6, 6.07) is 9.38. The van der Waals surface area contributed by atoms with Crippen LogP contribution < -0.4 is 16.0 Å². The van der Waals surface area contributed by atoms with Gasteiger partial charge in [0.15, 0.2) is 0 Å². The number of primary amides is 1. The van der Waals surface area contributed by atoms with Gasteiger partial charge in [-0.15, -0.1) is 0 Å². The Bertz CT molecular complexity index is 1670. The van der Waals surface area contributed by atoms with Crippen LogP contribution in [0.3, 0.4) is 0 Å². The highest BCUT2D eigenvalue weighted by molar-refractivity contribution is 7.84. The van der Waals surface area contributed by atoms with Gasteiger partial charge < -0.3 is 15.3 Å². The summed E-state index contributed by atoms with van der Waals surface area (Å²) in [6.07, 6.45) is 2.84. The molecule has 2 aromatic carbocycles. The summed E-state index contributed by atoms with van der Waals surface area (Å²) >= 11 is 0. The van der Waals surface area contributed by atoms with Crippen LogP contribution in [0.4, 0.5) is 8.78 Å². The lowest BCUT2D eigenvalue weighted by Crippen LogP contribution is -2.30. The summed E-state index contributed by atoms with van der Waals surface area (Å²) in [5, 5.41) is 0.208. The first-order chi connectivity index (χ1) is 17.7. The molecule has 4 N–H and O–H groups in total. The fourth-order valence-electron chi connectivity index (χ4n) is 4.29. The second-order valence-corrected chi connectivity index (χ2v) is 10.4. The lowest BCUT2D eigenvalue weighted by Gasteiger charge is -2.14. The van der Waals surface area contributed by atoms with Gasteiger partial charge in [0.05, 0.1) is 17.3 Å². The van der Waals surface area contributed by atoms with E-state index >= 15 is 0 Å². The van der Waals surface area contributed by atoms with E-state index in [1.165, 1.54) is 41.1 Å². The van der Waals surface area contributed by atoms with Gasteiger partial charge in [-0.2, -0.15) is 0 Å². The standard InChI is InChI=1S/C26H22F2N4O4S/c1-13-9-18-21(11-20(13)28)32(12-15-10-14(24(29)33)4-7-19(15)27)23(26(35)31-37(36)16-5-6-16)22(18)17-3-2-8-30-25(17)34/h2-4,7-11,16H,5-6,12H2,1H3,(H2,29,33)(H,30,34)(H,31,35). The predicted octanol–water partition coefficient (Wildman–Crippen LogP) is 3.29. The molecule has 5 rings (SSSR count). The van der Waals surface area contributed by atoms with Crippen molar-refractivity contribution >= 4 is 33.7 Å². The highest BCUT2D eigenvalue weighted by atomic mass is 32.2. The number of amides is 2. The number of pyridine rings is 1. The number of fused-ring (bicyclic) bond motifs is 1. The van der Waals surface area contributed by atoms with E-state index in [1.807, 2.05) is 0 Å². The van der Waals surface area contributed by atoms with Gasteiger partial charge in [0.1, 0.15) is 28.3 Å². The summed E-state index contributed by atoms with van der Waals surface area (Å²) in [5.41, 5.74) is 5.65. The molecule has 1 atom stereocenters. The number of benzene rings is 2. The number of carbonyl (C=O) groups is 2. The molecule has 0 saturated heterocycles. The molecule has 11 heteroatoms. The van der Waals surface area contributed by atoms with Gasteiger partial charge in [0, 0.05) is 33.8 Å². The summed E-state index contributed by atoms with van der Waals surface area (Å²) < 4.78 is 46.1. The topological polar surface area (TPSA) is 127 Å². The van der Waals surface area contributed by atoms with Crippen LogP contribution in [0.25, 0.3) is 22.0 Å². The number of aromatic nitrogens is 2. The maximum atomic E-state index is 14.9. The predicted molar refractivity (Wildman–Crippen MR) is 135 cm³/mol. The van der Waals surface area contributed by atoms with E-state index in [2.05, 4.69) is 9.71 Å². The monoisotopic (exact) mass is 524 g/mol. The van der Waals surface area contributed by atoms with E-state index in [1.54, 1.807) is 13.0 Å². The number of rotatable bonds is 7. The maximum absolute atomic E-state index is 14.9. The number of H-pyrrole nitrogens is 1. The van der Waals surface area contributed by atoms with Crippen LogP contribution in [-0.2, 0) is 17.5 Å². The van der Waals surface area contributed by atoms with E-state index in [9.17, 15) is 27.4 Å². The minimum Gasteiger partial charge on any atom is -0.366 e. The number of hydrogen-bond acceptors (Lipinski definition) is 4. The molecule has 0 radical (unpaired) electrons. The smallest absolute Gasteiger partial charge is 0.280 e. The molecule has 37 heavy (non-hydrogen) atoms. The van der Waals surface area contributed by atoms with Gasteiger partial charge in [-0.1, -0.05) is 0 Å². The molecule has 2 heterocycles. The van der Waals surface area contributed by atoms with Crippen LogP contribution in [0, 0.1) is 18.6 Å². The van der Waals surface area contributed by atoms with E-state index < -0.39 is 40.0 Å². The average Bonchev–Trinajstić information content (AvgIpc) is 3.66. The zero-order chi connectivity index (χ0) is 26.4. The van der Waals surface area contributed by atoms with Gasteiger partial charge in [0.2, 0.25) is 5.91 Å². The van der Waals surface area contributed by atoms with Crippen LogP contribution in [0.5, 0.6) is 0 Å². The van der Waals surface area contributed by atoms with E-state index in [-0.39, 0.29) is 50.8 Å². The van der Waals surface area contributed by atoms with Crippen molar-refractivity contribution in [2.75, 3.05) is 0 Å². The zero-order valence-corrected chi connectivity index (χ0v) is 20.5. The molecule has 1 saturated carbocycles. The number of nitrogens with two attached hydrogens (primary N) is 1. The summed E-state index contributed by atoms with van der Waals surface area (Å²) in [5.74, 6) is -2.77. The number of aryl methyl sites for hydroxylation is 1. The van der Waals surface area contributed by atoms with Gasteiger partial charge in [0.25, 0.3) is 11.5 Å². The van der Waals surface area contributed by atoms with E-state index in [0.29, 0.717) is 18.2 Å². The number of halogens is 2. The quantitative estimate of drug-likeness (QED) is 0.343. The SMILES string of the molecule is Cc1cc2c(-c3ccc[nH]c3=O)c(C(=O)NS(=O)C3CC3)n(Cc3cc(C(N)=O)ccc3F)c2cc1F. The van der Waals surface area contributed by atoms with Crippen LogP contribution in [0.2, 0.25) is 0 Å². The molecule has 1 unspecified atom stereocenters. The van der Waals surface area contributed by atoms with Gasteiger partial charge in [-0.3, -0.25) is 19.1 Å². The van der Waals surface area contributed by atoms with Gasteiger partial charge in [-0.05, 0) is 67.8 Å². The Kier molecular flexibility index (Phi) is 6.24. The number of aromatic amines is 1. The first kappa shape index (κ1) is 24.6. The molecule has 2 aromatic heterocycles. The van der Waals surface area contributed by atoms with E-state index in [4.69, 9.17) is 5.73 Å². The second-order valence-electron chi connectivity index (χ2n) is 8.94. The van der Waals surface area contributed by atoms with Crippen molar-refractivity contribution in [3.05, 3.63) is 93.0 Å². The Hall–Kier alpha value is -4.12. The highest BCUT2D eigenvalue weighted by Gasteiger charge is 2.33. The van der Waals surface area contributed by atoms with Crippen LogP contribution >= 0.6 is 0 Å². The minimum absolute atomic E-state index is 0.0140. The fraction of sp³-hybridized carbons (Fsp3) is 0.192. The van der Waals surface area contributed by atoms with Crippen LogP contribution in [-0.4, -0.2) is 30.8 Å². The molecule has 1 aliphatic rings. The Morgan fingerprint density at radius 2 is 1.92 bits per heavy atom. The molecule has 8 nitrogen and oxygen atoms in total. The van der Waals surface area contributed by atoms with Crippen molar-refractivity contribution in [1.82, 2.24) is 14.3 Å². The Labute approximate surface area is 212 Å². The largest absolute Gasteiger partial charge is 0.366 e. The molecule has 1 aliphatic carbocycles. The number of nitrogens with one attached hydrogen (secondary N) is 2. The second kappa shape index (κ2) is 9.40. The first-order valence-electron chi connectivity index (χ1n) is 11.5. The lowest BCUT2D eigenvalue weighted by molar-refractivity contribution is 0.0972. The van der Waals surface area contributed by atoms with Crippen LogP contribution in [0.15, 0.2) is 53.5 Å². The van der Waals surface area contributed by atoms with E-state index in [0.717, 1.165) is 6.07 Å². The first-order valence-corrected chi connectivity index (χ1v) is 12.7. The summed E-state index contributed by atoms with van der Waals surface area (Å²) in [4.78, 5) is 40.7. The minimum atomic E-state index is -1.67. The lowest BCUT2D eigenvalue weighted by atomic mass is 10.0. The third-order valence-electron chi connectivity index (χ3n) is 6.33. The van der Waals surface area contributed by atoms with Crippen LogP contribution in [0.1, 0.15) is 44.8 Å². The van der Waals surface area contributed by atoms with Crippen molar-refractivity contribution in [3.8, 4) is 11.1 Å². The number of carbonyl (C=O) groups excluding carboxylic acids is 2. The zero-order valence-electron chi connectivity index (χ0n) is 19.6. The molecule has 2 amide bonds. The Morgan fingerprint density at radius 3 is 2.59 bits per heavy atom. The third-order valence-corrected chi connectivity index (χ3v) is 7.79. The molecule has 0 aliphatic heterocycles. The molecule has 0 spiro atoms. The maximum Gasteiger partial charge on any atom is 0.280 e. The van der Waals surface area contributed by atoms with Crippen molar-refractivity contribution in [1.29, 1.82) is 0 Å². The molecule has 190 valence electrons. The molecular formula is C26H22F2N4O4S. The molecule has 0 bridgehead atoms. The van der Waals surface area contributed by atoms with Gasteiger partial charge in [-0.25, -0.2) is 13.0 Å². The number of hydrogen-bond donors (Lipinski definition) is 3. The van der Waals surface area contributed by atoms with Crippen molar-refractivity contribution < 1.29 is 22.6 Å². The number of nitrogens with zero attached hydrogens (tertiary/aromatic N) is 1. The average molecular weight is 525 g/mol. The Morgan fingerprint density at radius 1 is 1.16 bits per heavy atom. The normalized spacial score (nSPS) is 14.0. The molecule has 1 fully saturated rings. The van der Waals surface area contributed by atoms with Crippen molar-refractivity contribution in [2.45, 2.75) is 31.6 Å². The third kappa shape index (κ3) is 4.57. The van der Waals surface area contributed by atoms with Gasteiger partial charge >= 0.3 is 0 Å². The summed E-state index contributed by atoms with van der Waals surface area (Å²) in [6.45, 7) is 1.25. The molecule has 4 aromatic rings. The molecular weight excluding hydrogens is 502 g/mol. The Balaban J connectivity index is 1.81. The fourth-order valence-corrected chi connectivity index (χ4v) is 5.30. The van der Waals surface area contributed by atoms with Crippen molar-refractivity contribution in [3.63, 3.8) is 0 Å². The van der Waals surface area contributed by atoms with Crippen molar-refractivity contribution in [2.24, 2.45) is 5.73 Å². The highest BCUT2D eigenvalue weighted by Crippen LogP contribution is 2.36. The summed E-state index contributed by atoms with van der Waals surface area (Å²) in [7, 11) is -1.67.